The molecule has 0 amide bonds. The molecule has 1 aliphatic heterocycles. The van der Waals surface area contributed by atoms with Crippen molar-refractivity contribution in [2.24, 2.45) is 0 Å². The molecule has 1 aliphatic rings. The van der Waals surface area contributed by atoms with Crippen molar-refractivity contribution in [2.75, 3.05) is 7.11 Å². The maximum absolute atomic E-state index is 13.0. The Kier molecular flexibility index (Phi) is 4.78. The first-order chi connectivity index (χ1) is 12.2. The maximum Gasteiger partial charge on any atom is 0.417 e. The number of methoxy groups -OCH3 is 1. The number of fused-ring (bicyclic) bond motifs is 1. The van der Waals surface area contributed by atoms with Crippen LogP contribution >= 0.6 is 11.6 Å². The van der Waals surface area contributed by atoms with E-state index in [0.717, 1.165) is 16.9 Å². The maximum atomic E-state index is 13.0. The lowest BCUT2D eigenvalue weighted by atomic mass is 10.1. The predicted octanol–water partition coefficient (Wildman–Crippen LogP) is 2.21. The number of aryl methyl sites for hydroxylation is 1. The first-order valence-corrected chi connectivity index (χ1v) is 8.08. The number of carbonyl (C=O) groups is 1. The fourth-order valence-electron chi connectivity index (χ4n) is 2.95. The van der Waals surface area contributed by atoms with Gasteiger partial charge >= 0.3 is 17.8 Å². The van der Waals surface area contributed by atoms with E-state index in [2.05, 4.69) is 10.1 Å². The summed E-state index contributed by atoms with van der Waals surface area (Å²) in [6, 6.07) is -0.0324. The van der Waals surface area contributed by atoms with Gasteiger partial charge in [-0.1, -0.05) is 11.6 Å². The highest BCUT2D eigenvalue weighted by atomic mass is 35.5. The Morgan fingerprint density at radius 3 is 2.85 bits per heavy atom. The van der Waals surface area contributed by atoms with Crippen molar-refractivity contribution in [3.05, 3.63) is 44.9 Å². The van der Waals surface area contributed by atoms with Crippen LogP contribution in [0.4, 0.5) is 13.2 Å². The highest BCUT2D eigenvalue weighted by molar-refractivity contribution is 6.32. The average molecular weight is 391 g/mol. The second-order valence-corrected chi connectivity index (χ2v) is 6.15. The highest BCUT2D eigenvalue weighted by Gasteiger charge is 2.35. The number of carbonyl (C=O) groups excluding carboxylic acids is 1. The van der Waals surface area contributed by atoms with Crippen molar-refractivity contribution in [3.8, 4) is 0 Å². The lowest BCUT2D eigenvalue weighted by Crippen LogP contribution is -2.35. The van der Waals surface area contributed by atoms with Crippen LogP contribution in [0.3, 0.4) is 0 Å². The zero-order valence-electron chi connectivity index (χ0n) is 13.6. The molecule has 0 saturated heterocycles. The molecular formula is C15H14ClF3N4O3. The minimum absolute atomic E-state index is 0.131. The van der Waals surface area contributed by atoms with Gasteiger partial charge in [-0.15, -0.1) is 0 Å². The Bertz CT molecular complexity index is 907. The van der Waals surface area contributed by atoms with Crippen LogP contribution in [0.5, 0.6) is 0 Å². The Balaban J connectivity index is 2.00. The molecule has 11 heteroatoms. The number of pyridine rings is 1. The van der Waals surface area contributed by atoms with E-state index in [0.29, 0.717) is 25.1 Å². The molecule has 0 unspecified atom stereocenters. The van der Waals surface area contributed by atoms with Crippen LogP contribution in [0.2, 0.25) is 5.02 Å². The second-order valence-electron chi connectivity index (χ2n) is 5.77. The first kappa shape index (κ1) is 18.4. The molecule has 1 atom stereocenters. The van der Waals surface area contributed by atoms with E-state index >= 15 is 0 Å². The number of halogens is 4. The molecular weight excluding hydrogens is 377 g/mol. The molecule has 0 fully saturated rings. The van der Waals surface area contributed by atoms with E-state index in [1.165, 1.54) is 11.7 Å². The summed E-state index contributed by atoms with van der Waals surface area (Å²) >= 11 is 5.82. The lowest BCUT2D eigenvalue weighted by Gasteiger charge is -2.20. The van der Waals surface area contributed by atoms with Gasteiger partial charge in [-0.3, -0.25) is 9.55 Å². The van der Waals surface area contributed by atoms with Crippen molar-refractivity contribution in [3.63, 3.8) is 0 Å². The number of hydrogen-bond acceptors (Lipinski definition) is 5. The van der Waals surface area contributed by atoms with Gasteiger partial charge in [0.15, 0.2) is 0 Å². The second kappa shape index (κ2) is 6.75. The molecule has 7 nitrogen and oxygen atoms in total. The van der Waals surface area contributed by atoms with Crippen LogP contribution < -0.4 is 5.69 Å². The van der Waals surface area contributed by atoms with Gasteiger partial charge in [0.25, 0.3) is 0 Å². The van der Waals surface area contributed by atoms with E-state index in [1.807, 2.05) is 0 Å². The van der Waals surface area contributed by atoms with E-state index in [4.69, 9.17) is 16.3 Å². The zero-order chi connectivity index (χ0) is 19.1. The topological polar surface area (TPSA) is 79.0 Å². The molecule has 0 bridgehead atoms. The third-order valence-corrected chi connectivity index (χ3v) is 4.59. The number of rotatable bonds is 3. The third kappa shape index (κ3) is 3.20. The summed E-state index contributed by atoms with van der Waals surface area (Å²) < 4.78 is 45.8. The number of hydrogen-bond donors (Lipinski definition) is 0. The minimum atomic E-state index is -4.64. The van der Waals surface area contributed by atoms with E-state index in [9.17, 15) is 22.8 Å². The lowest BCUT2D eigenvalue weighted by molar-refractivity contribution is -0.145. The highest BCUT2D eigenvalue weighted by Crippen LogP contribution is 2.35. The quantitative estimate of drug-likeness (QED) is 0.751. The van der Waals surface area contributed by atoms with Crippen molar-refractivity contribution in [1.82, 2.24) is 19.3 Å². The predicted molar refractivity (Wildman–Crippen MR) is 83.8 cm³/mol. The monoisotopic (exact) mass is 390 g/mol. The summed E-state index contributed by atoms with van der Waals surface area (Å²) in [7, 11) is 1.22. The average Bonchev–Trinajstić information content (AvgIpc) is 2.91. The van der Waals surface area contributed by atoms with E-state index < -0.39 is 34.5 Å². The van der Waals surface area contributed by atoms with Crippen LogP contribution in [-0.2, 0) is 28.7 Å². The Morgan fingerprint density at radius 2 is 2.19 bits per heavy atom. The minimum Gasteiger partial charge on any atom is -0.467 e. The van der Waals surface area contributed by atoms with Crippen molar-refractivity contribution in [2.45, 2.75) is 38.0 Å². The molecule has 0 radical (unpaired) electrons. The van der Waals surface area contributed by atoms with Crippen LogP contribution in [0.1, 0.15) is 36.0 Å². The number of nitrogens with zero attached hydrogens (tertiary/aromatic N) is 4. The molecule has 2 aromatic rings. The molecule has 0 N–H and O–H groups in total. The summed E-state index contributed by atoms with van der Waals surface area (Å²) in [6.07, 6.45) is -2.13. The Labute approximate surface area is 150 Å². The Hall–Kier alpha value is -2.36. The standard InChI is InChI=1S/C15H14ClF3N4O3/c1-26-13(24)10-3-2-4-11-21-22(14(25)23(10)11)7-9-12(16)8(5-6-20-9)15(17,18)19/h5-6,10H,2-4,7H2,1H3/t10-/m0/s1. The third-order valence-electron chi connectivity index (χ3n) is 4.17. The van der Waals surface area contributed by atoms with Crippen molar-refractivity contribution in [1.29, 1.82) is 0 Å². The van der Waals surface area contributed by atoms with Gasteiger partial charge in [0, 0.05) is 12.6 Å². The Morgan fingerprint density at radius 1 is 1.46 bits per heavy atom. The van der Waals surface area contributed by atoms with Crippen LogP contribution in [0, 0.1) is 0 Å². The van der Waals surface area contributed by atoms with Crippen LogP contribution in [0.15, 0.2) is 17.1 Å². The van der Waals surface area contributed by atoms with Gasteiger partial charge in [-0.25, -0.2) is 14.3 Å². The number of esters is 1. The zero-order valence-corrected chi connectivity index (χ0v) is 14.3. The van der Waals surface area contributed by atoms with Crippen molar-refractivity contribution >= 4 is 17.6 Å². The molecule has 0 aliphatic carbocycles. The fourth-order valence-corrected chi connectivity index (χ4v) is 3.23. The summed E-state index contributed by atoms with van der Waals surface area (Å²) in [4.78, 5) is 28.3. The summed E-state index contributed by atoms with van der Waals surface area (Å²) in [5.74, 6) is -0.192. The first-order valence-electron chi connectivity index (χ1n) is 7.70. The molecule has 0 saturated carbocycles. The van der Waals surface area contributed by atoms with Crippen LogP contribution in [-0.4, -0.2) is 32.4 Å². The number of alkyl halides is 3. The molecule has 3 rings (SSSR count). The molecule has 0 spiro atoms. The molecule has 140 valence electrons. The van der Waals surface area contributed by atoms with Gasteiger partial charge < -0.3 is 4.74 Å². The number of ether oxygens (including phenoxy) is 1. The number of aromatic nitrogens is 4. The van der Waals surface area contributed by atoms with Gasteiger partial charge in [-0.05, 0) is 18.9 Å². The van der Waals surface area contributed by atoms with Gasteiger partial charge in [0.2, 0.25) is 0 Å². The summed E-state index contributed by atoms with van der Waals surface area (Å²) in [5, 5.41) is 3.54. The summed E-state index contributed by atoms with van der Waals surface area (Å²) in [5.41, 5.74) is -1.78. The molecule has 26 heavy (non-hydrogen) atoms. The van der Waals surface area contributed by atoms with Crippen LogP contribution in [0.25, 0.3) is 0 Å². The van der Waals surface area contributed by atoms with Gasteiger partial charge in [0.05, 0.1) is 29.9 Å². The fraction of sp³-hybridized carbons (Fsp3) is 0.467. The summed E-state index contributed by atoms with van der Waals surface area (Å²) in [6.45, 7) is -0.338. The molecule has 2 aromatic heterocycles. The van der Waals surface area contributed by atoms with Gasteiger partial charge in [0.1, 0.15) is 11.9 Å². The molecule has 3 heterocycles. The van der Waals surface area contributed by atoms with Gasteiger partial charge in [-0.2, -0.15) is 18.3 Å². The van der Waals surface area contributed by atoms with Crippen molar-refractivity contribution < 1.29 is 22.7 Å². The normalized spacial score (nSPS) is 17.0. The SMILES string of the molecule is COC(=O)[C@@H]1CCCc2nn(Cc3nccc(C(F)(F)F)c3Cl)c(=O)n21. The smallest absolute Gasteiger partial charge is 0.417 e. The van der Waals surface area contributed by atoms with E-state index in [1.54, 1.807) is 0 Å². The molecule has 0 aromatic carbocycles. The largest absolute Gasteiger partial charge is 0.467 e. The van der Waals surface area contributed by atoms with E-state index in [-0.39, 0.29) is 12.2 Å².